The predicted molar refractivity (Wildman–Crippen MR) is 96.3 cm³/mol. The van der Waals surface area contributed by atoms with E-state index in [2.05, 4.69) is 16.3 Å². The first kappa shape index (κ1) is 16.7. The van der Waals surface area contributed by atoms with Gasteiger partial charge in [0, 0.05) is 5.56 Å². The number of methoxy groups -OCH3 is 1. The molecule has 134 valence electrons. The monoisotopic (exact) mass is 362 g/mol. The van der Waals surface area contributed by atoms with E-state index in [1.165, 1.54) is 12.1 Å². The average Bonchev–Trinajstić information content (AvgIpc) is 3.10. The largest absolute Gasteiger partial charge is 0.497 e. The number of hydrogen-bond acceptors (Lipinski definition) is 5. The highest BCUT2D eigenvalue weighted by molar-refractivity contribution is 5.71. The fraction of sp³-hybridized carbons (Fsp3) is 0.100. The van der Waals surface area contributed by atoms with Gasteiger partial charge in [-0.1, -0.05) is 24.3 Å². The van der Waals surface area contributed by atoms with Crippen molar-refractivity contribution < 1.29 is 13.9 Å². The minimum atomic E-state index is -0.602. The second kappa shape index (κ2) is 6.50. The summed E-state index contributed by atoms with van der Waals surface area (Å²) in [6.07, 6.45) is 0. The number of rotatable bonds is 3. The number of fused-ring (bicyclic) bond motifs is 1. The van der Waals surface area contributed by atoms with E-state index >= 15 is 0 Å². The maximum absolute atomic E-state index is 13.9. The van der Waals surface area contributed by atoms with Crippen LogP contribution < -0.4 is 15.2 Å². The molecule has 0 amide bonds. The highest BCUT2D eigenvalue weighted by atomic mass is 19.1. The third kappa shape index (κ3) is 2.77. The van der Waals surface area contributed by atoms with Crippen LogP contribution in [0.4, 0.5) is 4.39 Å². The zero-order valence-corrected chi connectivity index (χ0v) is 14.4. The van der Waals surface area contributed by atoms with Crippen molar-refractivity contribution in [3.05, 3.63) is 76.9 Å². The van der Waals surface area contributed by atoms with Gasteiger partial charge in [0.1, 0.15) is 23.2 Å². The number of ether oxygens (including phenoxy) is 2. The molecule has 0 saturated carbocycles. The Morgan fingerprint density at radius 1 is 1.26 bits per heavy atom. The smallest absolute Gasteiger partial charge is 0.244 e. The van der Waals surface area contributed by atoms with Gasteiger partial charge in [0.2, 0.25) is 11.8 Å². The molecule has 6 nitrogen and oxygen atoms in total. The third-order valence-electron chi connectivity index (χ3n) is 4.48. The van der Waals surface area contributed by atoms with Gasteiger partial charge < -0.3 is 15.2 Å². The summed E-state index contributed by atoms with van der Waals surface area (Å²) >= 11 is 0. The number of benzene rings is 2. The van der Waals surface area contributed by atoms with Crippen molar-refractivity contribution in [3.8, 4) is 29.0 Å². The van der Waals surface area contributed by atoms with Crippen molar-refractivity contribution in [3.63, 3.8) is 0 Å². The molecule has 1 aliphatic rings. The van der Waals surface area contributed by atoms with Gasteiger partial charge in [0.15, 0.2) is 0 Å². The maximum Gasteiger partial charge on any atom is 0.244 e. The SMILES string of the molecule is COc1cccc(-c2[nH]nc3c2[C@@H](c2cccc(F)c2)C(C#N)=C(N)O3)c1. The third-order valence-corrected chi connectivity index (χ3v) is 4.48. The van der Waals surface area contributed by atoms with Crippen molar-refractivity contribution in [2.45, 2.75) is 5.92 Å². The van der Waals surface area contributed by atoms with Crippen LogP contribution in [0.3, 0.4) is 0 Å². The molecule has 3 aromatic rings. The molecule has 2 aromatic carbocycles. The summed E-state index contributed by atoms with van der Waals surface area (Å²) in [5.41, 5.74) is 8.80. The lowest BCUT2D eigenvalue weighted by molar-refractivity contribution is 0.379. The lowest BCUT2D eigenvalue weighted by atomic mass is 9.83. The average molecular weight is 362 g/mol. The number of aromatic amines is 1. The number of nitrogens with two attached hydrogens (primary N) is 1. The molecule has 0 spiro atoms. The van der Waals surface area contributed by atoms with Crippen LogP contribution in [0, 0.1) is 17.1 Å². The number of nitrogens with zero attached hydrogens (tertiary/aromatic N) is 2. The van der Waals surface area contributed by atoms with E-state index < -0.39 is 11.7 Å². The molecular weight excluding hydrogens is 347 g/mol. The highest BCUT2D eigenvalue weighted by Crippen LogP contribution is 2.45. The Labute approximate surface area is 154 Å². The van der Waals surface area contributed by atoms with Crippen LogP contribution in [0.15, 0.2) is 60.0 Å². The molecule has 27 heavy (non-hydrogen) atoms. The zero-order chi connectivity index (χ0) is 19.0. The number of nitrogens with one attached hydrogen (secondary N) is 1. The first-order chi connectivity index (χ1) is 13.1. The topological polar surface area (TPSA) is 97.0 Å². The van der Waals surface area contributed by atoms with E-state index in [4.69, 9.17) is 15.2 Å². The molecule has 3 N–H and O–H groups in total. The van der Waals surface area contributed by atoms with Crippen LogP contribution in [-0.4, -0.2) is 17.3 Å². The fourth-order valence-electron chi connectivity index (χ4n) is 3.26. The van der Waals surface area contributed by atoms with Gasteiger partial charge in [-0.05, 0) is 29.8 Å². The first-order valence-electron chi connectivity index (χ1n) is 8.18. The normalized spacial score (nSPS) is 15.7. The van der Waals surface area contributed by atoms with Gasteiger partial charge in [0.05, 0.1) is 24.3 Å². The number of allylic oxidation sites excluding steroid dienone is 1. The summed E-state index contributed by atoms with van der Waals surface area (Å²) in [7, 11) is 1.58. The Kier molecular flexibility index (Phi) is 4.01. The lowest BCUT2D eigenvalue weighted by Gasteiger charge is -2.24. The number of nitriles is 1. The molecule has 2 heterocycles. The predicted octanol–water partition coefficient (Wildman–Crippen LogP) is 3.44. The van der Waals surface area contributed by atoms with Crippen LogP contribution in [0.25, 0.3) is 11.3 Å². The summed E-state index contributed by atoms with van der Waals surface area (Å²) in [5.74, 6) is -0.107. The number of hydrogen-bond donors (Lipinski definition) is 2. The Morgan fingerprint density at radius 2 is 2.07 bits per heavy atom. The molecule has 0 unspecified atom stereocenters. The van der Waals surface area contributed by atoms with Crippen LogP contribution in [-0.2, 0) is 0 Å². The second-order valence-corrected chi connectivity index (χ2v) is 6.03. The van der Waals surface area contributed by atoms with Crippen molar-refractivity contribution in [2.24, 2.45) is 5.73 Å². The van der Waals surface area contributed by atoms with Gasteiger partial charge in [0.25, 0.3) is 0 Å². The Balaban J connectivity index is 1.95. The van der Waals surface area contributed by atoms with Crippen molar-refractivity contribution in [1.82, 2.24) is 10.2 Å². The van der Waals surface area contributed by atoms with E-state index in [-0.39, 0.29) is 17.3 Å². The van der Waals surface area contributed by atoms with E-state index in [1.807, 2.05) is 24.3 Å². The molecule has 0 saturated heterocycles. The standard InChI is InChI=1S/C20H15FN4O2/c1-26-14-7-3-5-12(9-14)18-17-16(11-4-2-6-13(21)8-11)15(10-22)19(23)27-20(17)25-24-18/h2-9,16H,23H2,1H3,(H,24,25)/t16-/m0/s1. The van der Waals surface area contributed by atoms with Crippen molar-refractivity contribution in [1.29, 1.82) is 5.26 Å². The molecule has 1 atom stereocenters. The Morgan fingerprint density at radius 3 is 2.81 bits per heavy atom. The Bertz CT molecular complexity index is 1100. The lowest BCUT2D eigenvalue weighted by Crippen LogP contribution is -2.21. The highest BCUT2D eigenvalue weighted by Gasteiger charge is 2.35. The quantitative estimate of drug-likeness (QED) is 0.744. The van der Waals surface area contributed by atoms with E-state index in [0.717, 1.165) is 5.56 Å². The summed E-state index contributed by atoms with van der Waals surface area (Å²) in [4.78, 5) is 0. The molecule has 7 heteroatoms. The number of aromatic nitrogens is 2. The number of halogens is 1. The Hall–Kier alpha value is -3.79. The minimum absolute atomic E-state index is 0.0389. The van der Waals surface area contributed by atoms with Crippen molar-refractivity contribution >= 4 is 0 Å². The molecule has 4 rings (SSSR count). The van der Waals surface area contributed by atoms with Gasteiger partial charge in [-0.15, -0.1) is 5.10 Å². The fourth-order valence-corrected chi connectivity index (χ4v) is 3.26. The van der Waals surface area contributed by atoms with Crippen LogP contribution in [0.1, 0.15) is 17.0 Å². The molecule has 1 aromatic heterocycles. The van der Waals surface area contributed by atoms with Crippen LogP contribution in [0.2, 0.25) is 0 Å². The molecule has 1 aliphatic heterocycles. The molecular formula is C20H15FN4O2. The number of H-pyrrole nitrogens is 1. The zero-order valence-electron chi connectivity index (χ0n) is 14.4. The minimum Gasteiger partial charge on any atom is -0.497 e. The maximum atomic E-state index is 13.9. The van der Waals surface area contributed by atoms with Crippen LogP contribution in [0.5, 0.6) is 11.6 Å². The van der Waals surface area contributed by atoms with E-state index in [9.17, 15) is 9.65 Å². The molecule has 0 aliphatic carbocycles. The van der Waals surface area contributed by atoms with E-state index in [0.29, 0.717) is 22.6 Å². The van der Waals surface area contributed by atoms with Gasteiger partial charge >= 0.3 is 0 Å². The van der Waals surface area contributed by atoms with Gasteiger partial charge in [-0.3, -0.25) is 5.10 Å². The molecule has 0 fully saturated rings. The summed E-state index contributed by atoms with van der Waals surface area (Å²) in [6.45, 7) is 0. The second-order valence-electron chi connectivity index (χ2n) is 6.03. The summed E-state index contributed by atoms with van der Waals surface area (Å²) < 4.78 is 24.7. The van der Waals surface area contributed by atoms with Crippen molar-refractivity contribution in [2.75, 3.05) is 7.11 Å². The molecule has 0 radical (unpaired) electrons. The van der Waals surface area contributed by atoms with E-state index in [1.54, 1.807) is 19.2 Å². The van der Waals surface area contributed by atoms with Gasteiger partial charge in [-0.25, -0.2) is 4.39 Å². The molecule has 0 bridgehead atoms. The summed E-state index contributed by atoms with van der Waals surface area (Å²) in [6, 6.07) is 15.6. The van der Waals surface area contributed by atoms with Crippen LogP contribution >= 0.6 is 0 Å². The summed E-state index contributed by atoms with van der Waals surface area (Å²) in [5, 5.41) is 16.8. The van der Waals surface area contributed by atoms with Gasteiger partial charge in [-0.2, -0.15) is 5.26 Å². The first-order valence-corrected chi connectivity index (χ1v) is 8.18.